The van der Waals surface area contributed by atoms with Crippen molar-refractivity contribution < 1.29 is 13.5 Å². The summed E-state index contributed by atoms with van der Waals surface area (Å²) in [5.74, 6) is -0.703. The lowest BCUT2D eigenvalue weighted by Crippen LogP contribution is -2.26. The quantitative estimate of drug-likeness (QED) is 0.288. The maximum Gasteiger partial charge on any atom is 0.237 e. The number of anilines is 4. The van der Waals surface area contributed by atoms with Crippen LogP contribution in [0.3, 0.4) is 0 Å². The summed E-state index contributed by atoms with van der Waals surface area (Å²) in [6, 6.07) is 6.69. The van der Waals surface area contributed by atoms with Crippen molar-refractivity contribution in [3.63, 3.8) is 0 Å². The molecule has 2 aliphatic rings. The van der Waals surface area contributed by atoms with Crippen molar-refractivity contribution in [1.82, 2.24) is 19.9 Å². The van der Waals surface area contributed by atoms with E-state index in [0.29, 0.717) is 31.1 Å². The van der Waals surface area contributed by atoms with Crippen molar-refractivity contribution in [3.05, 3.63) is 58.9 Å². The number of nitrogens with zero attached hydrogens (tertiary/aromatic N) is 4. The summed E-state index contributed by atoms with van der Waals surface area (Å²) < 4.78 is 35.5. The Kier molecular flexibility index (Phi) is 5.33. The molecule has 2 aromatic heterocycles. The normalized spacial score (nSPS) is 15.1. The summed E-state index contributed by atoms with van der Waals surface area (Å²) in [7, 11) is 2.02. The Labute approximate surface area is 206 Å². The van der Waals surface area contributed by atoms with E-state index in [-0.39, 0.29) is 22.7 Å². The van der Waals surface area contributed by atoms with Gasteiger partial charge in [-0.3, -0.25) is 0 Å². The average molecular weight is 490 g/mol. The van der Waals surface area contributed by atoms with Crippen molar-refractivity contribution in [3.8, 4) is 17.0 Å². The van der Waals surface area contributed by atoms with E-state index in [1.54, 1.807) is 24.4 Å². The van der Waals surface area contributed by atoms with E-state index in [2.05, 4.69) is 30.5 Å². The van der Waals surface area contributed by atoms with Crippen LogP contribution < -0.4 is 21.1 Å². The Hall–Kier alpha value is -4.05. The molecule has 0 amide bonds. The predicted molar refractivity (Wildman–Crippen MR) is 136 cm³/mol. The molecular weight excluding hydrogens is 464 g/mol. The van der Waals surface area contributed by atoms with Crippen LogP contribution in [0.1, 0.15) is 16.7 Å². The minimum Gasteiger partial charge on any atom is -0.474 e. The monoisotopic (exact) mass is 489 g/mol. The molecule has 0 atom stereocenters. The number of benzene rings is 2. The van der Waals surface area contributed by atoms with Gasteiger partial charge in [-0.1, -0.05) is 0 Å². The van der Waals surface area contributed by atoms with Crippen LogP contribution in [-0.4, -0.2) is 46.6 Å². The second-order valence-electron chi connectivity index (χ2n) is 9.26. The number of pyridine rings is 1. The second kappa shape index (κ2) is 8.56. The van der Waals surface area contributed by atoms with E-state index >= 15 is 4.39 Å². The molecule has 2 aromatic carbocycles. The van der Waals surface area contributed by atoms with Crippen molar-refractivity contribution in [2.75, 3.05) is 43.1 Å². The number of hydrogen-bond donors (Lipinski definition) is 3. The number of likely N-dealkylation sites (N-methyl/N-ethyl adjacent to an activating group) is 1. The first kappa shape index (κ1) is 22.4. The molecule has 0 aliphatic carbocycles. The van der Waals surface area contributed by atoms with Gasteiger partial charge < -0.3 is 26.0 Å². The van der Waals surface area contributed by atoms with Gasteiger partial charge in [-0.05, 0) is 66.9 Å². The summed E-state index contributed by atoms with van der Waals surface area (Å²) in [5.41, 5.74) is 12.3. The smallest absolute Gasteiger partial charge is 0.237 e. The Balaban J connectivity index is 1.41. The topological polar surface area (TPSA) is 101 Å². The lowest BCUT2D eigenvalue weighted by atomic mass is 9.99. The highest BCUT2D eigenvalue weighted by Gasteiger charge is 2.20. The van der Waals surface area contributed by atoms with Gasteiger partial charge in [-0.25, -0.2) is 14.4 Å². The maximum absolute atomic E-state index is 15.1. The molecule has 184 valence electrons. The number of nitrogen functional groups attached to an aromatic ring is 1. The number of nitrogens with two attached hydrogens (primary N) is 1. The van der Waals surface area contributed by atoms with Crippen LogP contribution in [0, 0.1) is 18.7 Å². The summed E-state index contributed by atoms with van der Waals surface area (Å²) in [6.45, 7) is 4.79. The molecule has 0 fully saturated rings. The van der Waals surface area contributed by atoms with Crippen LogP contribution in [0.2, 0.25) is 0 Å². The van der Waals surface area contributed by atoms with Gasteiger partial charge >= 0.3 is 0 Å². The van der Waals surface area contributed by atoms with Gasteiger partial charge in [0, 0.05) is 37.1 Å². The largest absolute Gasteiger partial charge is 0.474 e. The molecule has 4 N–H and O–H groups in total. The third-order valence-electron chi connectivity index (χ3n) is 6.78. The van der Waals surface area contributed by atoms with Crippen LogP contribution in [-0.2, 0) is 13.0 Å². The van der Waals surface area contributed by atoms with Gasteiger partial charge in [0.1, 0.15) is 18.1 Å². The Morgan fingerprint density at radius 3 is 2.86 bits per heavy atom. The molecule has 0 saturated heterocycles. The summed E-state index contributed by atoms with van der Waals surface area (Å²) in [6.07, 6.45) is 2.49. The number of aromatic nitrogens is 3. The molecule has 36 heavy (non-hydrogen) atoms. The van der Waals surface area contributed by atoms with Crippen LogP contribution in [0.5, 0.6) is 5.88 Å². The molecule has 0 unspecified atom stereocenters. The second-order valence-corrected chi connectivity index (χ2v) is 9.26. The van der Waals surface area contributed by atoms with E-state index < -0.39 is 11.8 Å². The summed E-state index contributed by atoms with van der Waals surface area (Å²) in [5, 5.41) is 6.29. The van der Waals surface area contributed by atoms with Gasteiger partial charge in [0.25, 0.3) is 0 Å². The zero-order valence-electron chi connectivity index (χ0n) is 20.0. The molecule has 4 aromatic rings. The molecule has 6 rings (SSSR count). The first-order valence-electron chi connectivity index (χ1n) is 11.8. The zero-order chi connectivity index (χ0) is 25.0. The van der Waals surface area contributed by atoms with E-state index in [4.69, 9.17) is 10.5 Å². The number of ether oxygens (including phenoxy) is 1. The van der Waals surface area contributed by atoms with E-state index in [9.17, 15) is 4.39 Å². The van der Waals surface area contributed by atoms with Gasteiger partial charge in [0.2, 0.25) is 17.8 Å². The van der Waals surface area contributed by atoms with Crippen molar-refractivity contribution in [1.29, 1.82) is 0 Å². The fraction of sp³-hybridized carbons (Fsp3) is 0.269. The van der Waals surface area contributed by atoms with Crippen LogP contribution in [0.25, 0.3) is 22.0 Å². The number of rotatable bonds is 3. The first-order valence-corrected chi connectivity index (χ1v) is 11.8. The predicted octanol–water partition coefficient (Wildman–Crippen LogP) is 4.40. The minimum absolute atomic E-state index is 0.0464. The highest BCUT2D eigenvalue weighted by atomic mass is 19.1. The van der Waals surface area contributed by atoms with Crippen LogP contribution in [0.15, 0.2) is 30.5 Å². The van der Waals surface area contributed by atoms with E-state index in [1.807, 2.05) is 14.0 Å². The highest BCUT2D eigenvalue weighted by molar-refractivity contribution is 5.95. The Morgan fingerprint density at radius 1 is 1.14 bits per heavy atom. The van der Waals surface area contributed by atoms with Crippen molar-refractivity contribution >= 4 is 33.9 Å². The Morgan fingerprint density at radius 2 is 2.00 bits per heavy atom. The van der Waals surface area contributed by atoms with Crippen molar-refractivity contribution in [2.45, 2.75) is 19.9 Å². The lowest BCUT2D eigenvalue weighted by Gasteiger charge is -2.25. The average Bonchev–Trinajstić information content (AvgIpc) is 2.84. The highest BCUT2D eigenvalue weighted by Crippen LogP contribution is 2.38. The zero-order valence-corrected chi connectivity index (χ0v) is 20.0. The molecule has 0 saturated carbocycles. The molecule has 10 heteroatoms. The Bertz CT molecular complexity index is 1520. The van der Waals surface area contributed by atoms with Gasteiger partial charge in [0.05, 0.1) is 16.6 Å². The fourth-order valence-electron chi connectivity index (χ4n) is 4.91. The molecule has 8 nitrogen and oxygen atoms in total. The SMILES string of the molecule is Cc1c(-c2cc(N)c3c(F)nc(Nc4cc5c(cc4F)CCN(C)C5)nc3c2)cnc2c1NCCO2. The van der Waals surface area contributed by atoms with Crippen LogP contribution >= 0.6 is 0 Å². The van der Waals surface area contributed by atoms with Gasteiger partial charge in [0.15, 0.2) is 0 Å². The van der Waals surface area contributed by atoms with Gasteiger partial charge in [-0.15, -0.1) is 0 Å². The number of nitrogens with one attached hydrogen (secondary N) is 2. The van der Waals surface area contributed by atoms with Crippen molar-refractivity contribution in [2.24, 2.45) is 0 Å². The number of hydrogen-bond acceptors (Lipinski definition) is 8. The standard InChI is InChI=1S/C26H25F2N7O/c1-13-17(11-31-25-23(13)30-4-6-36-25)15-8-19(29)22-21(9-15)33-26(34-24(22)28)32-20-10-16-12-35(2)5-3-14(16)7-18(20)27/h7-11,30H,3-6,12,29H2,1-2H3,(H,32,33,34). The number of halogens is 2. The number of fused-ring (bicyclic) bond motifs is 3. The molecule has 0 radical (unpaired) electrons. The molecule has 4 heterocycles. The molecular formula is C26H25F2N7O. The molecule has 0 spiro atoms. The lowest BCUT2D eigenvalue weighted by molar-refractivity contribution is 0.310. The summed E-state index contributed by atoms with van der Waals surface area (Å²) in [4.78, 5) is 15.0. The molecule has 2 aliphatic heterocycles. The van der Waals surface area contributed by atoms with Gasteiger partial charge in [-0.2, -0.15) is 9.37 Å². The third kappa shape index (κ3) is 3.83. The minimum atomic E-state index is -0.778. The van der Waals surface area contributed by atoms with E-state index in [1.165, 1.54) is 6.07 Å². The first-order chi connectivity index (χ1) is 17.4. The third-order valence-corrected chi connectivity index (χ3v) is 6.78. The maximum atomic E-state index is 15.1. The van der Waals surface area contributed by atoms with Crippen LogP contribution in [0.4, 0.5) is 31.8 Å². The molecule has 0 bridgehead atoms. The fourth-order valence-corrected chi connectivity index (χ4v) is 4.91. The summed E-state index contributed by atoms with van der Waals surface area (Å²) >= 11 is 0. The van der Waals surface area contributed by atoms with E-state index in [0.717, 1.165) is 46.5 Å².